The molecule has 0 bridgehead atoms. The summed E-state index contributed by atoms with van der Waals surface area (Å²) in [5.41, 5.74) is 7.60. The lowest BCUT2D eigenvalue weighted by molar-refractivity contribution is 0.288. The molecule has 0 aliphatic heterocycles. The summed E-state index contributed by atoms with van der Waals surface area (Å²) in [4.78, 5) is 0. The molecule has 3 heteroatoms. The highest BCUT2D eigenvalue weighted by molar-refractivity contribution is 5.36. The molecule has 0 aliphatic rings. The second-order valence-electron chi connectivity index (χ2n) is 3.19. The lowest BCUT2D eigenvalue weighted by Crippen LogP contribution is -2.02. The van der Waals surface area contributed by atoms with Gasteiger partial charge >= 0.3 is 0 Å². The predicted octanol–water partition coefficient (Wildman–Crippen LogP) is 2.19. The lowest BCUT2D eigenvalue weighted by atomic mass is 10.1. The van der Waals surface area contributed by atoms with E-state index in [0.29, 0.717) is 19.6 Å². The highest BCUT2D eigenvalue weighted by Crippen LogP contribution is 2.19. The quantitative estimate of drug-likeness (QED) is 0.734. The topological polar surface area (TPSA) is 35.2 Å². The number of ether oxygens (including phenoxy) is 1. The van der Waals surface area contributed by atoms with Crippen molar-refractivity contribution in [3.8, 4) is 5.75 Å². The summed E-state index contributed by atoms with van der Waals surface area (Å²) in [6, 6.07) is 5.85. The molecule has 1 aromatic rings. The van der Waals surface area contributed by atoms with E-state index in [2.05, 4.69) is 0 Å². The third-order valence-electron chi connectivity index (χ3n) is 2.02. The number of alkyl halides is 1. The summed E-state index contributed by atoms with van der Waals surface area (Å²) in [5, 5.41) is 0. The summed E-state index contributed by atoms with van der Waals surface area (Å²) in [6.45, 7) is 2.55. The van der Waals surface area contributed by atoms with Crippen molar-refractivity contribution < 1.29 is 9.13 Å². The molecule has 0 heterocycles. The molecule has 2 nitrogen and oxygen atoms in total. The van der Waals surface area contributed by atoms with E-state index in [0.717, 1.165) is 16.9 Å². The molecule has 0 saturated carbocycles. The summed E-state index contributed by atoms with van der Waals surface area (Å²) in [5.74, 6) is 0.807. The van der Waals surface area contributed by atoms with Crippen LogP contribution >= 0.6 is 0 Å². The maximum Gasteiger partial charge on any atom is 0.122 e. The Kier molecular flexibility index (Phi) is 4.40. The van der Waals surface area contributed by atoms with Gasteiger partial charge in [0.15, 0.2) is 0 Å². The maximum absolute atomic E-state index is 11.8. The van der Waals surface area contributed by atoms with Gasteiger partial charge in [-0.05, 0) is 24.1 Å². The zero-order valence-electron chi connectivity index (χ0n) is 8.42. The maximum atomic E-state index is 11.8. The Balaban J connectivity index is 2.64. The smallest absolute Gasteiger partial charge is 0.122 e. The van der Waals surface area contributed by atoms with E-state index < -0.39 is 0 Å². The first-order valence-electron chi connectivity index (χ1n) is 4.76. The number of hydrogen-bond acceptors (Lipinski definition) is 2. The van der Waals surface area contributed by atoms with E-state index in [1.807, 2.05) is 25.1 Å². The minimum Gasteiger partial charge on any atom is -0.493 e. The molecule has 0 fully saturated rings. The second-order valence-corrected chi connectivity index (χ2v) is 3.19. The lowest BCUT2D eigenvalue weighted by Gasteiger charge is -2.09. The molecule has 14 heavy (non-hydrogen) atoms. The van der Waals surface area contributed by atoms with Gasteiger partial charge in [0.2, 0.25) is 0 Å². The van der Waals surface area contributed by atoms with Crippen molar-refractivity contribution in [1.29, 1.82) is 0 Å². The largest absolute Gasteiger partial charge is 0.493 e. The Hall–Kier alpha value is -1.09. The number of nitrogens with two attached hydrogens (primary N) is 1. The molecular weight excluding hydrogens is 181 g/mol. The predicted molar refractivity (Wildman–Crippen MR) is 55.2 cm³/mol. The van der Waals surface area contributed by atoms with Crippen LogP contribution in [0.2, 0.25) is 0 Å². The van der Waals surface area contributed by atoms with Crippen molar-refractivity contribution in [2.75, 3.05) is 13.3 Å². The Labute approximate surface area is 83.9 Å². The zero-order valence-corrected chi connectivity index (χ0v) is 8.42. The third-order valence-corrected chi connectivity index (χ3v) is 2.02. The van der Waals surface area contributed by atoms with E-state index in [1.54, 1.807) is 0 Å². The molecule has 1 aromatic carbocycles. The average Bonchev–Trinajstić information content (AvgIpc) is 2.21. The van der Waals surface area contributed by atoms with Crippen LogP contribution in [0.4, 0.5) is 4.39 Å². The van der Waals surface area contributed by atoms with Crippen LogP contribution in [0.25, 0.3) is 0 Å². The number of hydrogen-bond donors (Lipinski definition) is 1. The van der Waals surface area contributed by atoms with Crippen LogP contribution < -0.4 is 10.5 Å². The van der Waals surface area contributed by atoms with Crippen LogP contribution in [0.1, 0.15) is 17.5 Å². The molecule has 0 saturated heterocycles. The first-order valence-corrected chi connectivity index (χ1v) is 4.76. The van der Waals surface area contributed by atoms with E-state index in [9.17, 15) is 4.39 Å². The van der Waals surface area contributed by atoms with Gasteiger partial charge in [0.05, 0.1) is 13.3 Å². The Morgan fingerprint density at radius 2 is 2.21 bits per heavy atom. The molecule has 0 spiro atoms. The van der Waals surface area contributed by atoms with Gasteiger partial charge in [-0.15, -0.1) is 0 Å². The SMILES string of the molecule is Cc1ccc(CN)cc1OCCCF. The molecule has 0 aromatic heterocycles. The molecule has 0 aliphatic carbocycles. The van der Waals surface area contributed by atoms with Crippen molar-refractivity contribution in [2.24, 2.45) is 5.73 Å². The van der Waals surface area contributed by atoms with Crippen molar-refractivity contribution in [3.63, 3.8) is 0 Å². The molecule has 0 radical (unpaired) electrons. The Bertz CT molecular complexity index is 289. The molecular formula is C11H16FNO. The van der Waals surface area contributed by atoms with E-state index >= 15 is 0 Å². The monoisotopic (exact) mass is 197 g/mol. The molecule has 0 atom stereocenters. The highest BCUT2D eigenvalue weighted by atomic mass is 19.1. The number of aryl methyl sites for hydroxylation is 1. The number of halogens is 1. The minimum absolute atomic E-state index is 0.338. The summed E-state index contributed by atoms with van der Waals surface area (Å²) in [6.07, 6.45) is 0.437. The van der Waals surface area contributed by atoms with Crippen LogP contribution in [0.15, 0.2) is 18.2 Å². The van der Waals surface area contributed by atoms with Gasteiger partial charge in [0.25, 0.3) is 0 Å². The van der Waals surface area contributed by atoms with Crippen LogP contribution in [-0.4, -0.2) is 13.3 Å². The highest BCUT2D eigenvalue weighted by Gasteiger charge is 2.00. The van der Waals surface area contributed by atoms with Gasteiger partial charge in [-0.25, -0.2) is 0 Å². The molecule has 0 amide bonds. The van der Waals surface area contributed by atoms with Crippen molar-refractivity contribution in [2.45, 2.75) is 19.9 Å². The standard InChI is InChI=1S/C11H16FNO/c1-9-3-4-10(8-13)7-11(9)14-6-2-5-12/h3-4,7H,2,5-6,8,13H2,1H3. The van der Waals surface area contributed by atoms with Crippen LogP contribution in [0, 0.1) is 6.92 Å². The van der Waals surface area contributed by atoms with Crippen LogP contribution in [0.3, 0.4) is 0 Å². The van der Waals surface area contributed by atoms with Crippen LogP contribution in [0.5, 0.6) is 5.75 Å². The summed E-state index contributed by atoms with van der Waals surface area (Å²) in [7, 11) is 0. The van der Waals surface area contributed by atoms with Gasteiger partial charge in [-0.3, -0.25) is 4.39 Å². The van der Waals surface area contributed by atoms with Crippen LogP contribution in [-0.2, 0) is 6.54 Å². The fourth-order valence-electron chi connectivity index (χ4n) is 1.16. The first-order chi connectivity index (χ1) is 6.77. The van der Waals surface area contributed by atoms with Gasteiger partial charge in [-0.1, -0.05) is 12.1 Å². The summed E-state index contributed by atoms with van der Waals surface area (Å²) < 4.78 is 17.3. The molecule has 78 valence electrons. The zero-order chi connectivity index (χ0) is 10.4. The Morgan fingerprint density at radius 3 is 2.86 bits per heavy atom. The fourth-order valence-corrected chi connectivity index (χ4v) is 1.16. The first kappa shape index (κ1) is 11.0. The van der Waals surface area contributed by atoms with Gasteiger partial charge in [0, 0.05) is 13.0 Å². The molecule has 1 rings (SSSR count). The molecule has 0 unspecified atom stereocenters. The van der Waals surface area contributed by atoms with Gasteiger partial charge in [-0.2, -0.15) is 0 Å². The Morgan fingerprint density at radius 1 is 1.43 bits per heavy atom. The van der Waals surface area contributed by atoms with Crippen molar-refractivity contribution >= 4 is 0 Å². The number of benzene rings is 1. The van der Waals surface area contributed by atoms with E-state index in [1.165, 1.54) is 0 Å². The average molecular weight is 197 g/mol. The summed E-state index contributed by atoms with van der Waals surface area (Å²) >= 11 is 0. The fraction of sp³-hybridized carbons (Fsp3) is 0.455. The number of rotatable bonds is 5. The van der Waals surface area contributed by atoms with Gasteiger partial charge in [0.1, 0.15) is 5.75 Å². The van der Waals surface area contributed by atoms with Crippen molar-refractivity contribution in [1.82, 2.24) is 0 Å². The minimum atomic E-state index is -0.338. The normalized spacial score (nSPS) is 10.2. The third kappa shape index (κ3) is 3.00. The van der Waals surface area contributed by atoms with Crippen molar-refractivity contribution in [3.05, 3.63) is 29.3 Å². The van der Waals surface area contributed by atoms with E-state index in [-0.39, 0.29) is 6.67 Å². The van der Waals surface area contributed by atoms with E-state index in [4.69, 9.17) is 10.5 Å². The molecule has 2 N–H and O–H groups in total. The van der Waals surface area contributed by atoms with Gasteiger partial charge < -0.3 is 10.5 Å². The second kappa shape index (κ2) is 5.60.